The number of hydrogen-bond donors (Lipinski definition) is 0. The second-order valence-corrected chi connectivity index (χ2v) is 6.40. The molecule has 1 aromatic heterocycles. The van der Waals surface area contributed by atoms with Crippen molar-refractivity contribution < 1.29 is 4.79 Å². The number of benzene rings is 1. The Kier molecular flexibility index (Phi) is 3.83. The van der Waals surface area contributed by atoms with E-state index in [4.69, 9.17) is 0 Å². The van der Waals surface area contributed by atoms with Crippen molar-refractivity contribution in [3.8, 4) is 0 Å². The van der Waals surface area contributed by atoms with Gasteiger partial charge in [-0.25, -0.2) is 0 Å². The number of fused-ring (bicyclic) bond motifs is 1. The lowest BCUT2D eigenvalue weighted by molar-refractivity contribution is 0.0767. The molecule has 1 saturated heterocycles. The quantitative estimate of drug-likeness (QED) is 0.854. The first-order chi connectivity index (χ1) is 11.3. The molecule has 1 amide bonds. The van der Waals surface area contributed by atoms with Crippen LogP contribution in [0.2, 0.25) is 0 Å². The number of rotatable bonds is 2. The smallest absolute Gasteiger partial charge is 0.272 e. The summed E-state index contributed by atoms with van der Waals surface area (Å²) in [4.78, 5) is 21.2. The summed E-state index contributed by atoms with van der Waals surface area (Å²) < 4.78 is 0. The Morgan fingerprint density at radius 2 is 1.87 bits per heavy atom. The number of amides is 1. The Bertz CT molecular complexity index is 701. The number of pyridine rings is 1. The van der Waals surface area contributed by atoms with Gasteiger partial charge in [-0.05, 0) is 36.1 Å². The summed E-state index contributed by atoms with van der Waals surface area (Å²) in [6, 6.07) is 14.7. The maximum absolute atomic E-state index is 12.5. The molecule has 0 bridgehead atoms. The molecular formula is C19H21N3O. The number of nitrogens with zero attached hydrogens (tertiary/aromatic N) is 3. The minimum Gasteiger partial charge on any atom is -0.336 e. The fourth-order valence-corrected chi connectivity index (χ4v) is 3.70. The minimum atomic E-state index is 0.0607. The molecule has 0 aliphatic carbocycles. The monoisotopic (exact) mass is 307 g/mol. The van der Waals surface area contributed by atoms with Crippen molar-refractivity contribution in [2.45, 2.75) is 25.4 Å². The average Bonchev–Trinajstić information content (AvgIpc) is 3.11. The Morgan fingerprint density at radius 3 is 2.70 bits per heavy atom. The molecule has 23 heavy (non-hydrogen) atoms. The van der Waals surface area contributed by atoms with Crippen molar-refractivity contribution in [2.24, 2.45) is 0 Å². The van der Waals surface area contributed by atoms with Gasteiger partial charge in [-0.15, -0.1) is 0 Å². The van der Waals surface area contributed by atoms with E-state index in [1.807, 2.05) is 17.0 Å². The van der Waals surface area contributed by atoms with Crippen molar-refractivity contribution >= 4 is 5.91 Å². The molecular weight excluding hydrogens is 286 g/mol. The highest BCUT2D eigenvalue weighted by Crippen LogP contribution is 2.25. The molecule has 0 spiro atoms. The molecule has 4 heteroatoms. The first kappa shape index (κ1) is 14.4. The molecule has 2 aliphatic heterocycles. The molecule has 2 aliphatic rings. The second kappa shape index (κ2) is 6.13. The van der Waals surface area contributed by atoms with E-state index in [1.54, 1.807) is 12.3 Å². The Morgan fingerprint density at radius 1 is 1.04 bits per heavy atom. The predicted molar refractivity (Wildman–Crippen MR) is 89.1 cm³/mol. The zero-order valence-electron chi connectivity index (χ0n) is 13.2. The summed E-state index contributed by atoms with van der Waals surface area (Å²) in [5.74, 6) is 0.0607. The van der Waals surface area contributed by atoms with Gasteiger partial charge < -0.3 is 4.90 Å². The molecule has 118 valence electrons. The highest BCUT2D eigenvalue weighted by atomic mass is 16.2. The van der Waals surface area contributed by atoms with E-state index in [2.05, 4.69) is 34.1 Å². The summed E-state index contributed by atoms with van der Waals surface area (Å²) in [6.45, 7) is 3.75. The Labute approximate surface area is 136 Å². The maximum atomic E-state index is 12.5. The largest absolute Gasteiger partial charge is 0.336 e. The van der Waals surface area contributed by atoms with Gasteiger partial charge in [0.05, 0.1) is 0 Å². The van der Waals surface area contributed by atoms with Gasteiger partial charge >= 0.3 is 0 Å². The topological polar surface area (TPSA) is 36.4 Å². The SMILES string of the molecule is O=C(c1ccccn1)N1CCC(N2CCc3ccccc3C2)C1. The van der Waals surface area contributed by atoms with Crippen LogP contribution in [0.5, 0.6) is 0 Å². The number of likely N-dealkylation sites (tertiary alicyclic amines) is 1. The molecule has 1 fully saturated rings. The van der Waals surface area contributed by atoms with Gasteiger partial charge in [0, 0.05) is 38.4 Å². The van der Waals surface area contributed by atoms with Crippen LogP contribution >= 0.6 is 0 Å². The summed E-state index contributed by atoms with van der Waals surface area (Å²) in [6.07, 6.45) is 3.85. The van der Waals surface area contributed by atoms with E-state index in [1.165, 1.54) is 11.1 Å². The first-order valence-electron chi connectivity index (χ1n) is 8.32. The van der Waals surface area contributed by atoms with Crippen molar-refractivity contribution in [1.29, 1.82) is 0 Å². The number of hydrogen-bond acceptors (Lipinski definition) is 3. The lowest BCUT2D eigenvalue weighted by Crippen LogP contribution is -2.41. The van der Waals surface area contributed by atoms with Crippen LogP contribution in [0.3, 0.4) is 0 Å². The van der Waals surface area contributed by atoms with Gasteiger partial charge in [0.2, 0.25) is 0 Å². The molecule has 1 unspecified atom stereocenters. The number of carbonyl (C=O) groups excluding carboxylic acids is 1. The Hall–Kier alpha value is -2.20. The first-order valence-corrected chi connectivity index (χ1v) is 8.32. The molecule has 4 nitrogen and oxygen atoms in total. The van der Waals surface area contributed by atoms with Crippen LogP contribution in [0.1, 0.15) is 28.0 Å². The second-order valence-electron chi connectivity index (χ2n) is 6.40. The molecule has 0 radical (unpaired) electrons. The average molecular weight is 307 g/mol. The van der Waals surface area contributed by atoms with E-state index >= 15 is 0 Å². The number of carbonyl (C=O) groups is 1. The predicted octanol–water partition coefficient (Wildman–Crippen LogP) is 2.35. The van der Waals surface area contributed by atoms with Crippen LogP contribution in [0.15, 0.2) is 48.7 Å². The maximum Gasteiger partial charge on any atom is 0.272 e. The summed E-state index contributed by atoms with van der Waals surface area (Å²) in [5, 5.41) is 0. The van der Waals surface area contributed by atoms with E-state index in [-0.39, 0.29) is 5.91 Å². The zero-order valence-corrected chi connectivity index (χ0v) is 13.2. The minimum absolute atomic E-state index is 0.0607. The van der Waals surface area contributed by atoms with Gasteiger partial charge in [0.15, 0.2) is 0 Å². The molecule has 0 saturated carbocycles. The van der Waals surface area contributed by atoms with Crippen LogP contribution < -0.4 is 0 Å². The van der Waals surface area contributed by atoms with E-state index in [9.17, 15) is 4.79 Å². The highest BCUT2D eigenvalue weighted by Gasteiger charge is 2.32. The van der Waals surface area contributed by atoms with E-state index in [0.29, 0.717) is 11.7 Å². The van der Waals surface area contributed by atoms with Crippen molar-refractivity contribution in [2.75, 3.05) is 19.6 Å². The van der Waals surface area contributed by atoms with Crippen LogP contribution in [-0.2, 0) is 13.0 Å². The molecule has 2 aromatic rings. The molecule has 3 heterocycles. The van der Waals surface area contributed by atoms with Gasteiger partial charge in [-0.2, -0.15) is 0 Å². The lowest BCUT2D eigenvalue weighted by atomic mass is 9.98. The van der Waals surface area contributed by atoms with Gasteiger partial charge in [0.25, 0.3) is 5.91 Å². The third-order valence-corrected chi connectivity index (χ3v) is 5.01. The lowest BCUT2D eigenvalue weighted by Gasteiger charge is -2.33. The fourth-order valence-electron chi connectivity index (χ4n) is 3.70. The van der Waals surface area contributed by atoms with Gasteiger partial charge in [0.1, 0.15) is 5.69 Å². The van der Waals surface area contributed by atoms with Crippen LogP contribution in [-0.4, -0.2) is 46.4 Å². The van der Waals surface area contributed by atoms with Crippen LogP contribution in [0, 0.1) is 0 Å². The molecule has 1 aromatic carbocycles. The third-order valence-electron chi connectivity index (χ3n) is 5.01. The van der Waals surface area contributed by atoms with Crippen LogP contribution in [0.4, 0.5) is 0 Å². The zero-order chi connectivity index (χ0) is 15.6. The fraction of sp³-hybridized carbons (Fsp3) is 0.368. The number of aromatic nitrogens is 1. The van der Waals surface area contributed by atoms with Crippen molar-refractivity contribution in [3.05, 3.63) is 65.5 Å². The third kappa shape index (κ3) is 2.86. The van der Waals surface area contributed by atoms with Crippen molar-refractivity contribution in [1.82, 2.24) is 14.8 Å². The molecule has 0 N–H and O–H groups in total. The highest BCUT2D eigenvalue weighted by molar-refractivity contribution is 5.92. The molecule has 4 rings (SSSR count). The Balaban J connectivity index is 1.42. The summed E-state index contributed by atoms with van der Waals surface area (Å²) >= 11 is 0. The van der Waals surface area contributed by atoms with Gasteiger partial charge in [-0.3, -0.25) is 14.7 Å². The normalized spacial score (nSPS) is 21.2. The standard InChI is InChI=1S/C19H21N3O/c23-19(18-7-3-4-10-20-18)22-12-9-17(14-22)21-11-8-15-5-1-2-6-16(15)13-21/h1-7,10,17H,8-9,11-14H2. The summed E-state index contributed by atoms with van der Waals surface area (Å²) in [7, 11) is 0. The van der Waals surface area contributed by atoms with Crippen LogP contribution in [0.25, 0.3) is 0 Å². The summed E-state index contributed by atoms with van der Waals surface area (Å²) in [5.41, 5.74) is 3.47. The molecule has 1 atom stereocenters. The van der Waals surface area contributed by atoms with E-state index in [0.717, 1.165) is 39.0 Å². The van der Waals surface area contributed by atoms with Crippen molar-refractivity contribution in [3.63, 3.8) is 0 Å². The van der Waals surface area contributed by atoms with Gasteiger partial charge in [-0.1, -0.05) is 30.3 Å². The van der Waals surface area contributed by atoms with E-state index < -0.39 is 0 Å².